The molecule has 0 spiro atoms. The summed E-state index contributed by atoms with van der Waals surface area (Å²) in [5.41, 5.74) is 8.55. The summed E-state index contributed by atoms with van der Waals surface area (Å²) >= 11 is 0. The van der Waals surface area contributed by atoms with E-state index in [9.17, 15) is 4.79 Å². The third-order valence-corrected chi connectivity index (χ3v) is 1.88. The average molecular weight is 146 g/mol. The summed E-state index contributed by atoms with van der Waals surface area (Å²) in [7, 11) is 0. The lowest BCUT2D eigenvalue weighted by Gasteiger charge is -2.33. The van der Waals surface area contributed by atoms with Gasteiger partial charge in [-0.2, -0.15) is 0 Å². The zero-order valence-corrected chi connectivity index (χ0v) is 6.51. The van der Waals surface area contributed by atoms with E-state index in [2.05, 4.69) is 0 Å². The molecule has 0 atom stereocenters. The van der Waals surface area contributed by atoms with Crippen LogP contribution in [0.4, 0.5) is 0 Å². The molecule has 60 valence electrons. The van der Waals surface area contributed by atoms with Crippen molar-refractivity contribution in [2.24, 2.45) is 16.9 Å². The topological polar surface area (TPSA) is 89.3 Å². The van der Waals surface area contributed by atoms with Gasteiger partial charge in [0.2, 0.25) is 0 Å². The Balaban J connectivity index is 4.57. The van der Waals surface area contributed by atoms with Crippen molar-refractivity contribution in [1.29, 1.82) is 0 Å². The number of carboxylic acids is 1. The Morgan fingerprint density at radius 2 is 1.60 bits per heavy atom. The Morgan fingerprint density at radius 1 is 1.30 bits per heavy atom. The highest BCUT2D eigenvalue weighted by atomic mass is 16.4. The fraction of sp³-hybridized carbons (Fsp3) is 0.833. The number of rotatable bonds is 2. The number of hydrogen-bond acceptors (Lipinski definition) is 3. The molecule has 0 saturated heterocycles. The van der Waals surface area contributed by atoms with Gasteiger partial charge in [0.1, 0.15) is 0 Å². The standard InChI is InChI=1S/C6H14N2O2/c1-5(2,4(9)10)6(3,7)8/h7-8H2,1-3H3,(H,9,10). The van der Waals surface area contributed by atoms with Gasteiger partial charge in [-0.1, -0.05) is 0 Å². The molecule has 0 amide bonds. The third-order valence-electron chi connectivity index (χ3n) is 1.88. The molecule has 0 unspecified atom stereocenters. The molecule has 0 bridgehead atoms. The van der Waals surface area contributed by atoms with Crippen LogP contribution in [0, 0.1) is 5.41 Å². The molecule has 4 nitrogen and oxygen atoms in total. The molecule has 0 aliphatic carbocycles. The van der Waals surface area contributed by atoms with Gasteiger partial charge in [0, 0.05) is 0 Å². The highest BCUT2D eigenvalue weighted by Gasteiger charge is 2.41. The van der Waals surface area contributed by atoms with Crippen LogP contribution in [0.2, 0.25) is 0 Å². The van der Waals surface area contributed by atoms with Crippen LogP contribution in [0.1, 0.15) is 20.8 Å². The van der Waals surface area contributed by atoms with E-state index in [4.69, 9.17) is 16.6 Å². The van der Waals surface area contributed by atoms with E-state index in [1.807, 2.05) is 0 Å². The molecule has 5 N–H and O–H groups in total. The van der Waals surface area contributed by atoms with Crippen molar-refractivity contribution in [1.82, 2.24) is 0 Å². The summed E-state index contributed by atoms with van der Waals surface area (Å²) in [4.78, 5) is 10.5. The molecule has 10 heavy (non-hydrogen) atoms. The second-order valence-electron chi connectivity index (χ2n) is 3.21. The van der Waals surface area contributed by atoms with Crippen molar-refractivity contribution < 1.29 is 9.90 Å². The van der Waals surface area contributed by atoms with Gasteiger partial charge < -0.3 is 16.6 Å². The quantitative estimate of drug-likeness (QED) is 0.468. The maximum absolute atomic E-state index is 10.5. The first-order chi connectivity index (χ1) is 4.19. The molecule has 0 aromatic heterocycles. The van der Waals surface area contributed by atoms with Crippen LogP contribution < -0.4 is 11.5 Å². The lowest BCUT2D eigenvalue weighted by Crippen LogP contribution is -2.60. The maximum atomic E-state index is 10.5. The van der Waals surface area contributed by atoms with E-state index in [0.717, 1.165) is 0 Å². The Morgan fingerprint density at radius 3 is 1.60 bits per heavy atom. The largest absolute Gasteiger partial charge is 0.481 e. The summed E-state index contributed by atoms with van der Waals surface area (Å²) in [5.74, 6) is -0.986. The maximum Gasteiger partial charge on any atom is 0.312 e. The van der Waals surface area contributed by atoms with Gasteiger partial charge >= 0.3 is 5.97 Å². The Hall–Kier alpha value is -0.610. The van der Waals surface area contributed by atoms with Crippen molar-refractivity contribution in [2.75, 3.05) is 0 Å². The summed E-state index contributed by atoms with van der Waals surface area (Å²) in [6, 6.07) is 0. The molecule has 0 heterocycles. The molecule has 0 rings (SSSR count). The molecular formula is C6H14N2O2. The third kappa shape index (κ3) is 1.46. The van der Waals surface area contributed by atoms with Gasteiger partial charge in [-0.25, -0.2) is 0 Å². The highest BCUT2D eigenvalue weighted by Crippen LogP contribution is 2.23. The van der Waals surface area contributed by atoms with E-state index >= 15 is 0 Å². The molecule has 0 radical (unpaired) electrons. The number of carboxylic acid groups (broad SMARTS) is 1. The van der Waals surface area contributed by atoms with Crippen LogP contribution >= 0.6 is 0 Å². The minimum atomic E-state index is -1.18. The first-order valence-electron chi connectivity index (χ1n) is 3.01. The second kappa shape index (κ2) is 2.21. The monoisotopic (exact) mass is 146 g/mol. The highest BCUT2D eigenvalue weighted by molar-refractivity contribution is 5.75. The molecular weight excluding hydrogens is 132 g/mol. The van der Waals surface area contributed by atoms with E-state index in [-0.39, 0.29) is 0 Å². The van der Waals surface area contributed by atoms with Crippen LogP contribution in [0.3, 0.4) is 0 Å². The smallest absolute Gasteiger partial charge is 0.312 e. The molecule has 0 aliphatic rings. The summed E-state index contributed by atoms with van der Waals surface area (Å²) in [6.45, 7) is 4.48. The van der Waals surface area contributed by atoms with Gasteiger partial charge in [-0.15, -0.1) is 0 Å². The molecule has 0 aromatic carbocycles. The van der Waals surface area contributed by atoms with Gasteiger partial charge in [0.15, 0.2) is 0 Å². The average Bonchev–Trinajstić information content (AvgIpc) is 1.62. The zero-order valence-electron chi connectivity index (χ0n) is 6.51. The predicted molar refractivity (Wildman–Crippen MR) is 38.2 cm³/mol. The fourth-order valence-electron chi connectivity index (χ4n) is 0.230. The first-order valence-corrected chi connectivity index (χ1v) is 3.01. The number of aliphatic carboxylic acids is 1. The van der Waals surface area contributed by atoms with Crippen molar-refractivity contribution in [2.45, 2.75) is 26.4 Å². The molecule has 0 aromatic rings. The van der Waals surface area contributed by atoms with Crippen LogP contribution in [-0.2, 0) is 4.79 Å². The van der Waals surface area contributed by atoms with Crippen molar-refractivity contribution in [3.8, 4) is 0 Å². The number of carbonyl (C=O) groups is 1. The van der Waals surface area contributed by atoms with Crippen LogP contribution in [0.25, 0.3) is 0 Å². The fourth-order valence-corrected chi connectivity index (χ4v) is 0.230. The summed E-state index contributed by atoms with van der Waals surface area (Å²) in [6.07, 6.45) is 0. The SMILES string of the molecule is CC(N)(N)C(C)(C)C(=O)O. The Kier molecular flexibility index (Phi) is 2.08. The van der Waals surface area contributed by atoms with E-state index in [1.165, 1.54) is 20.8 Å². The van der Waals surface area contributed by atoms with Crippen molar-refractivity contribution in [3.63, 3.8) is 0 Å². The lowest BCUT2D eigenvalue weighted by atomic mass is 9.81. The van der Waals surface area contributed by atoms with Crippen LogP contribution in [0.15, 0.2) is 0 Å². The summed E-state index contributed by atoms with van der Waals surface area (Å²) < 4.78 is 0. The van der Waals surface area contributed by atoms with Crippen LogP contribution in [-0.4, -0.2) is 16.7 Å². The minimum Gasteiger partial charge on any atom is -0.481 e. The second-order valence-corrected chi connectivity index (χ2v) is 3.21. The zero-order chi connectivity index (χ0) is 8.58. The first kappa shape index (κ1) is 9.39. The lowest BCUT2D eigenvalue weighted by molar-refractivity contribution is -0.150. The summed E-state index contributed by atoms with van der Waals surface area (Å²) in [5, 5.41) is 8.62. The van der Waals surface area contributed by atoms with E-state index < -0.39 is 17.0 Å². The normalized spacial score (nSPS) is 13.3. The van der Waals surface area contributed by atoms with Crippen LogP contribution in [0.5, 0.6) is 0 Å². The van der Waals surface area contributed by atoms with Crippen molar-refractivity contribution >= 4 is 5.97 Å². The number of hydrogen-bond donors (Lipinski definition) is 3. The van der Waals surface area contributed by atoms with Gasteiger partial charge in [-0.3, -0.25) is 4.79 Å². The van der Waals surface area contributed by atoms with Gasteiger partial charge in [0.25, 0.3) is 0 Å². The van der Waals surface area contributed by atoms with Gasteiger partial charge in [-0.05, 0) is 20.8 Å². The number of nitrogens with two attached hydrogens (primary N) is 2. The van der Waals surface area contributed by atoms with Gasteiger partial charge in [0.05, 0.1) is 11.1 Å². The van der Waals surface area contributed by atoms with E-state index in [1.54, 1.807) is 0 Å². The molecule has 4 heteroatoms. The predicted octanol–water partition coefficient (Wildman–Crippen LogP) is -0.269. The molecule has 0 fully saturated rings. The minimum absolute atomic E-state index is 0.986. The Labute approximate surface area is 60.2 Å². The Bertz CT molecular complexity index is 146. The molecule has 0 saturated carbocycles. The molecule has 0 aliphatic heterocycles. The van der Waals surface area contributed by atoms with Crippen molar-refractivity contribution in [3.05, 3.63) is 0 Å². The van der Waals surface area contributed by atoms with E-state index in [0.29, 0.717) is 0 Å².